The summed E-state index contributed by atoms with van der Waals surface area (Å²) < 4.78 is 13.4. The minimum Gasteiger partial charge on any atom is -0.323 e. The highest BCUT2D eigenvalue weighted by Gasteiger charge is 2.29. The molecule has 1 aromatic carbocycles. The molecule has 3 nitrogen and oxygen atoms in total. The van der Waals surface area contributed by atoms with Crippen molar-refractivity contribution in [3.8, 4) is 0 Å². The van der Waals surface area contributed by atoms with Crippen LogP contribution in [0.1, 0.15) is 6.92 Å². The van der Waals surface area contributed by atoms with Crippen molar-refractivity contribution in [2.75, 3.05) is 18.4 Å². The summed E-state index contributed by atoms with van der Waals surface area (Å²) in [5.41, 5.74) is 0.140. The predicted molar refractivity (Wildman–Crippen MR) is 65.6 cm³/mol. The minimum atomic E-state index is -0.471. The van der Waals surface area contributed by atoms with E-state index in [4.69, 9.17) is 11.6 Å². The van der Waals surface area contributed by atoms with Crippen LogP contribution in [0.2, 0.25) is 5.02 Å². The summed E-state index contributed by atoms with van der Waals surface area (Å²) in [7, 11) is 0. The van der Waals surface area contributed by atoms with Crippen LogP contribution < -0.4 is 10.6 Å². The maximum Gasteiger partial charge on any atom is 0.229 e. The molecule has 0 aromatic heterocycles. The molecule has 1 amide bonds. The molecule has 1 aromatic rings. The molecular formula is C12H14ClFN2O. The molecule has 0 bridgehead atoms. The standard InChI is InChI=1S/C12H14ClFN2O/c1-7-5-15-6-9(7)12(17)16-11-4-8(13)2-3-10(11)14/h2-4,7,9,15H,5-6H2,1H3,(H,16,17). The van der Waals surface area contributed by atoms with Crippen molar-refractivity contribution >= 4 is 23.2 Å². The van der Waals surface area contributed by atoms with Gasteiger partial charge < -0.3 is 10.6 Å². The van der Waals surface area contributed by atoms with Gasteiger partial charge in [0.1, 0.15) is 5.82 Å². The lowest BCUT2D eigenvalue weighted by molar-refractivity contribution is -0.120. The lowest BCUT2D eigenvalue weighted by atomic mass is 9.97. The number of benzene rings is 1. The first-order valence-corrected chi connectivity index (χ1v) is 5.92. The largest absolute Gasteiger partial charge is 0.323 e. The number of hydrogen-bond acceptors (Lipinski definition) is 2. The highest BCUT2D eigenvalue weighted by Crippen LogP contribution is 2.22. The lowest BCUT2D eigenvalue weighted by Crippen LogP contribution is -2.28. The van der Waals surface area contributed by atoms with Crippen molar-refractivity contribution in [3.63, 3.8) is 0 Å². The molecule has 2 N–H and O–H groups in total. The van der Waals surface area contributed by atoms with E-state index in [0.717, 1.165) is 6.54 Å². The fourth-order valence-corrected chi connectivity index (χ4v) is 2.15. The maximum absolute atomic E-state index is 13.4. The van der Waals surface area contributed by atoms with Crippen molar-refractivity contribution in [2.24, 2.45) is 11.8 Å². The van der Waals surface area contributed by atoms with Crippen LogP contribution in [-0.2, 0) is 4.79 Å². The van der Waals surface area contributed by atoms with Crippen molar-refractivity contribution in [3.05, 3.63) is 29.0 Å². The van der Waals surface area contributed by atoms with Gasteiger partial charge in [0.2, 0.25) is 5.91 Å². The quantitative estimate of drug-likeness (QED) is 0.852. The number of rotatable bonds is 2. The van der Waals surface area contributed by atoms with E-state index in [-0.39, 0.29) is 23.4 Å². The Morgan fingerprint density at radius 3 is 2.94 bits per heavy atom. The molecule has 2 atom stereocenters. The summed E-state index contributed by atoms with van der Waals surface area (Å²) in [6, 6.07) is 4.11. The first-order valence-electron chi connectivity index (χ1n) is 5.54. The summed E-state index contributed by atoms with van der Waals surface area (Å²) in [6.07, 6.45) is 0. The number of amides is 1. The molecule has 1 heterocycles. The molecule has 1 saturated heterocycles. The molecule has 5 heteroatoms. The van der Waals surface area contributed by atoms with E-state index < -0.39 is 5.82 Å². The molecule has 1 fully saturated rings. The van der Waals surface area contributed by atoms with Gasteiger partial charge in [0.05, 0.1) is 11.6 Å². The van der Waals surface area contributed by atoms with Gasteiger partial charge in [0.25, 0.3) is 0 Å². The van der Waals surface area contributed by atoms with Crippen LogP contribution in [0, 0.1) is 17.7 Å². The van der Waals surface area contributed by atoms with Crippen molar-refractivity contribution < 1.29 is 9.18 Å². The third-order valence-electron chi connectivity index (χ3n) is 3.04. The lowest BCUT2D eigenvalue weighted by Gasteiger charge is -2.14. The Labute approximate surface area is 104 Å². The summed E-state index contributed by atoms with van der Waals surface area (Å²) in [6.45, 7) is 3.45. The molecule has 0 radical (unpaired) electrons. The van der Waals surface area contributed by atoms with Crippen molar-refractivity contribution in [2.45, 2.75) is 6.92 Å². The first kappa shape index (κ1) is 12.3. The van der Waals surface area contributed by atoms with E-state index in [1.54, 1.807) is 0 Å². The van der Waals surface area contributed by atoms with Gasteiger partial charge in [-0.3, -0.25) is 4.79 Å². The van der Waals surface area contributed by atoms with E-state index in [0.29, 0.717) is 11.6 Å². The highest BCUT2D eigenvalue weighted by molar-refractivity contribution is 6.30. The van der Waals surface area contributed by atoms with Gasteiger partial charge in [-0.05, 0) is 30.7 Å². The number of halogens is 2. The normalized spacial score (nSPS) is 23.7. The van der Waals surface area contributed by atoms with Gasteiger partial charge in [0, 0.05) is 11.6 Å². The topological polar surface area (TPSA) is 41.1 Å². The number of carbonyl (C=O) groups excluding carboxylic acids is 1. The van der Waals surface area contributed by atoms with Gasteiger partial charge in [-0.15, -0.1) is 0 Å². The average Bonchev–Trinajstić information content (AvgIpc) is 2.70. The molecule has 2 rings (SSSR count). The Balaban J connectivity index is 2.10. The van der Waals surface area contributed by atoms with Gasteiger partial charge in [-0.2, -0.15) is 0 Å². The van der Waals surface area contributed by atoms with Crippen LogP contribution >= 0.6 is 11.6 Å². The molecule has 2 unspecified atom stereocenters. The van der Waals surface area contributed by atoms with Gasteiger partial charge in [0.15, 0.2) is 0 Å². The zero-order valence-electron chi connectivity index (χ0n) is 9.47. The van der Waals surface area contributed by atoms with Crippen LogP contribution in [0.4, 0.5) is 10.1 Å². The Kier molecular flexibility index (Phi) is 3.64. The third-order valence-corrected chi connectivity index (χ3v) is 3.28. The van der Waals surface area contributed by atoms with Gasteiger partial charge in [-0.1, -0.05) is 18.5 Å². The third kappa shape index (κ3) is 2.76. The van der Waals surface area contributed by atoms with Crippen LogP contribution in [-0.4, -0.2) is 19.0 Å². The minimum absolute atomic E-state index is 0.117. The number of carbonyl (C=O) groups is 1. The van der Waals surface area contributed by atoms with E-state index in [2.05, 4.69) is 10.6 Å². The summed E-state index contributed by atoms with van der Waals surface area (Å²) >= 11 is 5.76. The SMILES string of the molecule is CC1CNCC1C(=O)Nc1cc(Cl)ccc1F. The highest BCUT2D eigenvalue weighted by atomic mass is 35.5. The Morgan fingerprint density at radius 1 is 1.53 bits per heavy atom. The second kappa shape index (κ2) is 5.02. The smallest absolute Gasteiger partial charge is 0.229 e. The molecule has 1 aliphatic heterocycles. The molecule has 92 valence electrons. The van der Waals surface area contributed by atoms with E-state index in [1.165, 1.54) is 18.2 Å². The Bertz CT molecular complexity index is 439. The van der Waals surface area contributed by atoms with Crippen molar-refractivity contribution in [1.82, 2.24) is 5.32 Å². The van der Waals surface area contributed by atoms with Gasteiger partial charge >= 0.3 is 0 Å². The van der Waals surface area contributed by atoms with Crippen LogP contribution in [0.15, 0.2) is 18.2 Å². The molecule has 0 saturated carbocycles. The van der Waals surface area contributed by atoms with Crippen molar-refractivity contribution in [1.29, 1.82) is 0 Å². The Hall–Kier alpha value is -1.13. The molecule has 0 spiro atoms. The first-order chi connectivity index (χ1) is 8.08. The second-order valence-corrected chi connectivity index (χ2v) is 4.79. The molecular weight excluding hydrogens is 243 g/mol. The monoisotopic (exact) mass is 256 g/mol. The van der Waals surface area contributed by atoms with Gasteiger partial charge in [-0.25, -0.2) is 4.39 Å². The van der Waals surface area contributed by atoms with E-state index in [9.17, 15) is 9.18 Å². The fraction of sp³-hybridized carbons (Fsp3) is 0.417. The maximum atomic E-state index is 13.4. The van der Waals surface area contributed by atoms with E-state index >= 15 is 0 Å². The fourth-order valence-electron chi connectivity index (χ4n) is 1.98. The zero-order chi connectivity index (χ0) is 12.4. The summed E-state index contributed by atoms with van der Waals surface area (Å²) in [5.74, 6) is -0.490. The summed E-state index contributed by atoms with van der Waals surface area (Å²) in [5, 5.41) is 6.12. The molecule has 17 heavy (non-hydrogen) atoms. The average molecular weight is 257 g/mol. The van der Waals surface area contributed by atoms with Crippen LogP contribution in [0.3, 0.4) is 0 Å². The zero-order valence-corrected chi connectivity index (χ0v) is 10.2. The Morgan fingerprint density at radius 2 is 2.29 bits per heavy atom. The predicted octanol–water partition coefficient (Wildman–Crippen LogP) is 2.27. The number of anilines is 1. The molecule has 1 aliphatic rings. The number of nitrogens with one attached hydrogen (secondary N) is 2. The van der Waals surface area contributed by atoms with E-state index in [1.807, 2.05) is 6.92 Å². The summed E-state index contributed by atoms with van der Waals surface area (Å²) in [4.78, 5) is 11.9. The second-order valence-electron chi connectivity index (χ2n) is 4.36. The molecule has 0 aliphatic carbocycles. The van der Waals surface area contributed by atoms with Crippen LogP contribution in [0.5, 0.6) is 0 Å². The number of hydrogen-bond donors (Lipinski definition) is 2. The van der Waals surface area contributed by atoms with Crippen LogP contribution in [0.25, 0.3) is 0 Å².